The first-order chi connectivity index (χ1) is 7.65. The second-order valence-electron chi connectivity index (χ2n) is 4.26. The minimum Gasteiger partial charge on any atom is -0.351 e. The predicted molar refractivity (Wildman–Crippen MR) is 74.4 cm³/mol. The van der Waals surface area contributed by atoms with Gasteiger partial charge in [0.15, 0.2) is 0 Å². The highest BCUT2D eigenvalue weighted by molar-refractivity contribution is 9.11. The molecule has 2 nitrogen and oxygen atoms in total. The molecule has 1 aliphatic rings. The Morgan fingerprint density at radius 2 is 2.31 bits per heavy atom. The summed E-state index contributed by atoms with van der Waals surface area (Å²) in [4.78, 5) is 11.8. The minimum atomic E-state index is 0.0443. The summed E-state index contributed by atoms with van der Waals surface area (Å²) < 4.78 is 0.999. The van der Waals surface area contributed by atoms with Gasteiger partial charge in [-0.15, -0.1) is 11.3 Å². The maximum atomic E-state index is 11.8. The molecule has 88 valence electrons. The average Bonchev–Trinajstić information content (AvgIpc) is 2.89. The van der Waals surface area contributed by atoms with Crippen LogP contribution in [0.5, 0.6) is 0 Å². The van der Waals surface area contributed by atoms with Crippen molar-refractivity contribution in [3.8, 4) is 0 Å². The fraction of sp³-hybridized carbons (Fsp3) is 0.545. The summed E-state index contributed by atoms with van der Waals surface area (Å²) in [6, 6.07) is 1.87. The number of hydrogen-bond acceptors (Lipinski definition) is 2. The lowest BCUT2D eigenvalue weighted by atomic mass is 10.0. The van der Waals surface area contributed by atoms with Crippen LogP contribution in [0.3, 0.4) is 0 Å². The number of amides is 1. The molecule has 0 saturated heterocycles. The molecule has 0 spiro atoms. The first kappa shape index (κ1) is 12.6. The van der Waals surface area contributed by atoms with E-state index in [9.17, 15) is 4.79 Å². The van der Waals surface area contributed by atoms with Gasteiger partial charge in [-0.05, 0) is 46.7 Å². The summed E-state index contributed by atoms with van der Waals surface area (Å²) in [5.74, 6) is 0.0443. The van der Waals surface area contributed by atoms with Gasteiger partial charge in [-0.25, -0.2) is 0 Å². The van der Waals surface area contributed by atoms with Crippen molar-refractivity contribution in [1.29, 1.82) is 0 Å². The summed E-state index contributed by atoms with van der Waals surface area (Å²) >= 11 is 8.36. The van der Waals surface area contributed by atoms with Crippen molar-refractivity contribution in [2.24, 2.45) is 5.41 Å². The zero-order valence-electron chi connectivity index (χ0n) is 8.76. The molecule has 1 saturated carbocycles. The molecular weight excluding hydrogens is 354 g/mol. The molecule has 1 aromatic rings. The fourth-order valence-corrected chi connectivity index (χ4v) is 3.67. The van der Waals surface area contributed by atoms with E-state index in [2.05, 4.69) is 37.2 Å². The van der Waals surface area contributed by atoms with Crippen molar-refractivity contribution >= 4 is 49.1 Å². The Bertz CT molecular complexity index is 387. The molecule has 0 unspecified atom stereocenters. The predicted octanol–water partition coefficient (Wildman–Crippen LogP) is 3.81. The highest BCUT2D eigenvalue weighted by atomic mass is 79.9. The largest absolute Gasteiger partial charge is 0.351 e. The molecule has 1 heterocycles. The van der Waals surface area contributed by atoms with Crippen LogP contribution in [0, 0.1) is 5.41 Å². The smallest absolute Gasteiger partial charge is 0.252 e. The molecular formula is C11H13Br2NOS. The molecule has 1 aromatic heterocycles. The van der Waals surface area contributed by atoms with E-state index in [1.165, 1.54) is 12.8 Å². The van der Waals surface area contributed by atoms with Crippen molar-refractivity contribution < 1.29 is 4.79 Å². The quantitative estimate of drug-likeness (QED) is 0.789. The lowest BCUT2D eigenvalue weighted by Crippen LogP contribution is -2.30. The molecule has 1 N–H and O–H groups in total. The van der Waals surface area contributed by atoms with Crippen LogP contribution in [0.2, 0.25) is 0 Å². The van der Waals surface area contributed by atoms with Gasteiger partial charge in [0.05, 0.1) is 9.35 Å². The topological polar surface area (TPSA) is 29.1 Å². The van der Waals surface area contributed by atoms with Crippen LogP contribution in [-0.2, 0) is 0 Å². The number of hydrogen-bond donors (Lipinski definition) is 1. The van der Waals surface area contributed by atoms with E-state index in [1.54, 1.807) is 11.3 Å². The number of halogens is 2. The molecule has 0 bridgehead atoms. The highest BCUT2D eigenvalue weighted by Crippen LogP contribution is 2.48. The number of carbonyl (C=O) groups excluding carboxylic acids is 1. The Kier molecular flexibility index (Phi) is 4.08. The number of carbonyl (C=O) groups is 1. The minimum absolute atomic E-state index is 0.0443. The summed E-state index contributed by atoms with van der Waals surface area (Å²) in [6.45, 7) is 0.810. The number of thiophene rings is 1. The maximum absolute atomic E-state index is 11.8. The third-order valence-electron chi connectivity index (χ3n) is 3.04. The summed E-state index contributed by atoms with van der Waals surface area (Å²) in [6.07, 6.45) is 3.64. The van der Waals surface area contributed by atoms with E-state index in [0.717, 1.165) is 27.6 Å². The molecule has 0 aromatic carbocycles. The molecule has 0 atom stereocenters. The van der Waals surface area contributed by atoms with Gasteiger partial charge in [0, 0.05) is 17.3 Å². The second kappa shape index (κ2) is 5.19. The zero-order chi connectivity index (χ0) is 11.6. The van der Waals surface area contributed by atoms with Crippen LogP contribution in [0.1, 0.15) is 29.6 Å². The first-order valence-corrected chi connectivity index (χ1v) is 8.03. The lowest BCUT2D eigenvalue weighted by molar-refractivity contribution is 0.0945. The van der Waals surface area contributed by atoms with E-state index in [4.69, 9.17) is 0 Å². The Morgan fingerprint density at radius 3 is 2.81 bits per heavy atom. The van der Waals surface area contributed by atoms with Crippen LogP contribution in [0.25, 0.3) is 0 Å². The summed E-state index contributed by atoms with van der Waals surface area (Å²) in [5.41, 5.74) is 1.14. The van der Waals surface area contributed by atoms with Gasteiger partial charge in [-0.2, -0.15) is 0 Å². The van der Waals surface area contributed by atoms with Gasteiger partial charge in [-0.3, -0.25) is 4.79 Å². The molecule has 1 aliphatic carbocycles. The van der Waals surface area contributed by atoms with Gasteiger partial charge >= 0.3 is 0 Å². The van der Waals surface area contributed by atoms with Crippen molar-refractivity contribution in [2.75, 3.05) is 11.9 Å². The SMILES string of the molecule is O=C(NCC1(CCBr)CC1)c1csc(Br)c1. The van der Waals surface area contributed by atoms with Gasteiger partial charge < -0.3 is 5.32 Å². The molecule has 1 amide bonds. The van der Waals surface area contributed by atoms with Crippen LogP contribution in [0.15, 0.2) is 15.2 Å². The third kappa shape index (κ3) is 3.08. The number of rotatable bonds is 5. The van der Waals surface area contributed by atoms with Crippen LogP contribution < -0.4 is 5.32 Å². The van der Waals surface area contributed by atoms with Gasteiger partial charge in [0.1, 0.15) is 0 Å². The van der Waals surface area contributed by atoms with E-state index in [0.29, 0.717) is 5.41 Å². The Morgan fingerprint density at radius 1 is 1.56 bits per heavy atom. The van der Waals surface area contributed by atoms with Crippen LogP contribution in [0.4, 0.5) is 0 Å². The highest BCUT2D eigenvalue weighted by Gasteiger charge is 2.41. The third-order valence-corrected chi connectivity index (χ3v) is 4.94. The maximum Gasteiger partial charge on any atom is 0.252 e. The van der Waals surface area contributed by atoms with Crippen molar-refractivity contribution in [2.45, 2.75) is 19.3 Å². The fourth-order valence-electron chi connectivity index (χ4n) is 1.69. The lowest BCUT2D eigenvalue weighted by Gasteiger charge is -2.13. The van der Waals surface area contributed by atoms with Crippen molar-refractivity contribution in [1.82, 2.24) is 5.32 Å². The molecule has 5 heteroatoms. The number of alkyl halides is 1. The van der Waals surface area contributed by atoms with Gasteiger partial charge in [0.2, 0.25) is 0 Å². The summed E-state index contributed by atoms with van der Waals surface area (Å²) in [5, 5.41) is 5.93. The normalized spacial score (nSPS) is 17.1. The molecule has 2 rings (SSSR count). The second-order valence-corrected chi connectivity index (χ2v) is 7.34. The zero-order valence-corrected chi connectivity index (χ0v) is 12.8. The average molecular weight is 367 g/mol. The van der Waals surface area contributed by atoms with E-state index >= 15 is 0 Å². The summed E-state index contributed by atoms with van der Waals surface area (Å²) in [7, 11) is 0. The van der Waals surface area contributed by atoms with E-state index in [1.807, 2.05) is 11.4 Å². The Hall–Kier alpha value is 0.130. The van der Waals surface area contributed by atoms with Gasteiger partial charge in [-0.1, -0.05) is 15.9 Å². The van der Waals surface area contributed by atoms with Crippen LogP contribution in [-0.4, -0.2) is 17.8 Å². The van der Waals surface area contributed by atoms with Gasteiger partial charge in [0.25, 0.3) is 5.91 Å². The van der Waals surface area contributed by atoms with Crippen LogP contribution >= 0.6 is 43.2 Å². The van der Waals surface area contributed by atoms with Crippen molar-refractivity contribution in [3.05, 3.63) is 20.8 Å². The molecule has 16 heavy (non-hydrogen) atoms. The van der Waals surface area contributed by atoms with Crippen molar-refractivity contribution in [3.63, 3.8) is 0 Å². The molecule has 0 aliphatic heterocycles. The molecule has 0 radical (unpaired) electrons. The monoisotopic (exact) mass is 365 g/mol. The standard InChI is InChI=1S/C11H13Br2NOS/c12-4-3-11(1-2-11)7-14-10(15)8-5-9(13)16-6-8/h5-6H,1-4,7H2,(H,14,15). The Balaban J connectivity index is 1.84. The van der Waals surface area contributed by atoms with E-state index in [-0.39, 0.29) is 5.91 Å². The first-order valence-electron chi connectivity index (χ1n) is 5.23. The Labute approximate surface area is 116 Å². The number of nitrogens with one attached hydrogen (secondary N) is 1. The molecule has 1 fully saturated rings. The van der Waals surface area contributed by atoms with E-state index < -0.39 is 0 Å².